The van der Waals surface area contributed by atoms with Gasteiger partial charge < -0.3 is 15.6 Å². The minimum atomic E-state index is -0.835. The predicted octanol–water partition coefficient (Wildman–Crippen LogP) is 2.92. The number of hydrogen-bond donors (Lipinski definition) is 2. The molecule has 3 rings (SSSR count). The van der Waals surface area contributed by atoms with Crippen molar-refractivity contribution in [2.75, 3.05) is 0 Å². The lowest BCUT2D eigenvalue weighted by molar-refractivity contribution is -0.126. The summed E-state index contributed by atoms with van der Waals surface area (Å²) in [5.41, 5.74) is 8.23. The highest BCUT2D eigenvalue weighted by Gasteiger charge is 2.37. The van der Waals surface area contributed by atoms with Crippen LogP contribution in [0.2, 0.25) is 0 Å². The Morgan fingerprint density at radius 1 is 1.17 bits per heavy atom. The van der Waals surface area contributed by atoms with Crippen LogP contribution in [0.25, 0.3) is 11.1 Å². The minimum Gasteiger partial charge on any atom is -0.338 e. The average molecular weight is 393 g/mol. The molecule has 0 spiro atoms. The minimum absolute atomic E-state index is 0.0205. The lowest BCUT2D eigenvalue weighted by Gasteiger charge is -2.24. The molecule has 1 saturated carbocycles. The van der Waals surface area contributed by atoms with Crippen molar-refractivity contribution in [1.82, 2.24) is 9.88 Å². The van der Waals surface area contributed by atoms with Crippen molar-refractivity contribution >= 4 is 5.91 Å². The second-order valence-electron chi connectivity index (χ2n) is 8.18. The molecule has 2 aromatic rings. The topological polar surface area (TPSA) is 101 Å². The van der Waals surface area contributed by atoms with Gasteiger partial charge in [0.15, 0.2) is 0 Å². The summed E-state index contributed by atoms with van der Waals surface area (Å²) in [6.45, 7) is 3.95. The SMILES string of the molecule is CC(C)n1cc(-c2ccc(CC(C#N)NC(=O)C3(N)CCCC3)cc2)ccc1=O. The van der Waals surface area contributed by atoms with Crippen LogP contribution in [0, 0.1) is 11.3 Å². The Morgan fingerprint density at radius 3 is 2.38 bits per heavy atom. The number of nitrogens with one attached hydrogen (secondary N) is 1. The molecule has 0 radical (unpaired) electrons. The van der Waals surface area contributed by atoms with Crippen LogP contribution in [0.1, 0.15) is 51.1 Å². The molecule has 1 aromatic carbocycles. The number of carbonyl (C=O) groups is 1. The van der Waals surface area contributed by atoms with Crippen LogP contribution in [0.3, 0.4) is 0 Å². The molecule has 0 bridgehead atoms. The maximum absolute atomic E-state index is 12.5. The zero-order valence-electron chi connectivity index (χ0n) is 17.0. The Hall–Kier alpha value is -2.91. The molecule has 6 heteroatoms. The average Bonchev–Trinajstić information content (AvgIpc) is 3.16. The van der Waals surface area contributed by atoms with E-state index in [-0.39, 0.29) is 17.5 Å². The van der Waals surface area contributed by atoms with Crippen LogP contribution < -0.4 is 16.6 Å². The first-order chi connectivity index (χ1) is 13.8. The smallest absolute Gasteiger partial charge is 0.250 e. The second-order valence-corrected chi connectivity index (χ2v) is 8.18. The van der Waals surface area contributed by atoms with Gasteiger partial charge in [0.25, 0.3) is 5.56 Å². The third-order valence-corrected chi connectivity index (χ3v) is 5.63. The summed E-state index contributed by atoms with van der Waals surface area (Å²) in [5.74, 6) is -0.228. The summed E-state index contributed by atoms with van der Waals surface area (Å²) < 4.78 is 1.70. The van der Waals surface area contributed by atoms with Crippen LogP contribution in [0.15, 0.2) is 47.4 Å². The summed E-state index contributed by atoms with van der Waals surface area (Å²) in [6, 6.07) is 12.9. The van der Waals surface area contributed by atoms with Gasteiger partial charge in [-0.1, -0.05) is 37.1 Å². The quantitative estimate of drug-likeness (QED) is 0.789. The molecule has 152 valence electrons. The molecular weight excluding hydrogens is 364 g/mol. The number of rotatable bonds is 6. The molecule has 1 aliphatic rings. The van der Waals surface area contributed by atoms with Gasteiger partial charge in [-0.15, -0.1) is 0 Å². The fraction of sp³-hybridized carbons (Fsp3) is 0.435. The summed E-state index contributed by atoms with van der Waals surface area (Å²) >= 11 is 0. The number of nitrogens with zero attached hydrogens (tertiary/aromatic N) is 2. The van der Waals surface area contributed by atoms with E-state index in [9.17, 15) is 14.9 Å². The van der Waals surface area contributed by atoms with E-state index in [0.29, 0.717) is 19.3 Å². The summed E-state index contributed by atoms with van der Waals surface area (Å²) in [4.78, 5) is 24.4. The van der Waals surface area contributed by atoms with Gasteiger partial charge in [-0.05, 0) is 49.4 Å². The van der Waals surface area contributed by atoms with E-state index in [1.165, 1.54) is 0 Å². The standard InChI is InChI=1S/C23H28N4O2/c1-16(2)27-15-19(9-10-21(27)28)18-7-5-17(6-8-18)13-20(14-24)26-22(29)23(25)11-3-4-12-23/h5-10,15-16,20H,3-4,11-13,25H2,1-2H3,(H,26,29). The number of aromatic nitrogens is 1. The molecule has 1 aromatic heterocycles. The molecule has 1 heterocycles. The maximum Gasteiger partial charge on any atom is 0.250 e. The second kappa shape index (κ2) is 8.62. The van der Waals surface area contributed by atoms with Gasteiger partial charge in [-0.3, -0.25) is 9.59 Å². The summed E-state index contributed by atoms with van der Waals surface area (Å²) in [7, 11) is 0. The lowest BCUT2D eigenvalue weighted by atomic mass is 9.96. The van der Waals surface area contributed by atoms with E-state index in [1.54, 1.807) is 10.6 Å². The van der Waals surface area contributed by atoms with Crippen LogP contribution in [-0.2, 0) is 11.2 Å². The summed E-state index contributed by atoms with van der Waals surface area (Å²) in [5, 5.41) is 12.3. The van der Waals surface area contributed by atoms with E-state index >= 15 is 0 Å². The van der Waals surface area contributed by atoms with Crippen LogP contribution >= 0.6 is 0 Å². The Labute approximate surface area is 171 Å². The Balaban J connectivity index is 1.70. The molecule has 1 unspecified atom stereocenters. The number of amides is 1. The lowest BCUT2D eigenvalue weighted by Crippen LogP contribution is -2.54. The number of nitrogens with two attached hydrogens (primary N) is 1. The fourth-order valence-corrected chi connectivity index (χ4v) is 3.81. The van der Waals surface area contributed by atoms with Gasteiger partial charge in [0.05, 0.1) is 11.6 Å². The number of hydrogen-bond acceptors (Lipinski definition) is 4. The van der Waals surface area contributed by atoms with Crippen molar-refractivity contribution < 1.29 is 4.79 Å². The predicted molar refractivity (Wildman–Crippen MR) is 113 cm³/mol. The van der Waals surface area contributed by atoms with Crippen molar-refractivity contribution in [2.45, 2.75) is 63.6 Å². The molecule has 1 aliphatic carbocycles. The third-order valence-electron chi connectivity index (χ3n) is 5.63. The van der Waals surface area contributed by atoms with Crippen LogP contribution in [0.4, 0.5) is 0 Å². The largest absolute Gasteiger partial charge is 0.338 e. The van der Waals surface area contributed by atoms with Crippen molar-refractivity contribution in [2.24, 2.45) is 5.73 Å². The van der Waals surface area contributed by atoms with Gasteiger partial charge >= 0.3 is 0 Å². The number of carbonyl (C=O) groups excluding carboxylic acids is 1. The molecule has 1 atom stereocenters. The Bertz CT molecular complexity index is 964. The monoisotopic (exact) mass is 392 g/mol. The van der Waals surface area contributed by atoms with Gasteiger partial charge in [0, 0.05) is 24.7 Å². The third kappa shape index (κ3) is 4.75. The molecular formula is C23H28N4O2. The van der Waals surface area contributed by atoms with Gasteiger partial charge in [-0.2, -0.15) is 5.26 Å². The summed E-state index contributed by atoms with van der Waals surface area (Å²) in [6.07, 6.45) is 5.53. The van der Waals surface area contributed by atoms with E-state index in [2.05, 4.69) is 11.4 Å². The number of benzene rings is 1. The van der Waals surface area contributed by atoms with Crippen molar-refractivity contribution in [1.29, 1.82) is 5.26 Å². The first-order valence-corrected chi connectivity index (χ1v) is 10.1. The van der Waals surface area contributed by atoms with E-state index < -0.39 is 11.6 Å². The number of pyridine rings is 1. The Kier molecular flexibility index (Phi) is 6.19. The normalized spacial score (nSPS) is 16.4. The number of nitriles is 1. The van der Waals surface area contributed by atoms with Crippen LogP contribution in [0.5, 0.6) is 0 Å². The molecule has 1 fully saturated rings. The molecule has 6 nitrogen and oxygen atoms in total. The molecule has 0 saturated heterocycles. The molecule has 29 heavy (non-hydrogen) atoms. The fourth-order valence-electron chi connectivity index (χ4n) is 3.81. The molecule has 1 amide bonds. The molecule has 3 N–H and O–H groups in total. The highest BCUT2D eigenvalue weighted by atomic mass is 16.2. The highest BCUT2D eigenvalue weighted by Crippen LogP contribution is 2.27. The highest BCUT2D eigenvalue weighted by molar-refractivity contribution is 5.86. The maximum atomic E-state index is 12.5. The zero-order valence-corrected chi connectivity index (χ0v) is 17.0. The first kappa shape index (κ1) is 20.8. The van der Waals surface area contributed by atoms with Gasteiger partial charge in [-0.25, -0.2) is 0 Å². The van der Waals surface area contributed by atoms with E-state index in [1.807, 2.05) is 50.4 Å². The molecule has 0 aliphatic heterocycles. The van der Waals surface area contributed by atoms with Gasteiger partial charge in [0.2, 0.25) is 5.91 Å². The Morgan fingerprint density at radius 2 is 1.79 bits per heavy atom. The van der Waals surface area contributed by atoms with Gasteiger partial charge in [0.1, 0.15) is 6.04 Å². The first-order valence-electron chi connectivity index (χ1n) is 10.1. The zero-order chi connectivity index (χ0) is 21.0. The van der Waals surface area contributed by atoms with Crippen molar-refractivity contribution in [3.8, 4) is 17.2 Å². The van der Waals surface area contributed by atoms with E-state index in [4.69, 9.17) is 5.73 Å². The van der Waals surface area contributed by atoms with E-state index in [0.717, 1.165) is 29.5 Å². The van der Waals surface area contributed by atoms with Crippen LogP contribution in [-0.4, -0.2) is 22.1 Å². The van der Waals surface area contributed by atoms with Crippen molar-refractivity contribution in [3.63, 3.8) is 0 Å². The van der Waals surface area contributed by atoms with Crippen molar-refractivity contribution in [3.05, 3.63) is 58.5 Å².